The van der Waals surface area contributed by atoms with Crippen LogP contribution in [-0.4, -0.2) is 22.6 Å². The lowest BCUT2D eigenvalue weighted by molar-refractivity contribution is -0.122. The van der Waals surface area contributed by atoms with Crippen molar-refractivity contribution in [1.29, 1.82) is 0 Å². The number of hydrogen-bond donors (Lipinski definition) is 2. The number of rotatable bonds is 7. The summed E-state index contributed by atoms with van der Waals surface area (Å²) >= 11 is 0. The number of amides is 2. The molecule has 0 radical (unpaired) electrons. The van der Waals surface area contributed by atoms with Gasteiger partial charge in [0.1, 0.15) is 5.75 Å². The van der Waals surface area contributed by atoms with Gasteiger partial charge in [-0.05, 0) is 74.7 Å². The number of anilines is 1. The van der Waals surface area contributed by atoms with E-state index in [0.29, 0.717) is 17.2 Å². The number of carbonyl (C=O) groups excluding carboxylic acids is 2. The minimum atomic E-state index is -0.690. The van der Waals surface area contributed by atoms with Gasteiger partial charge in [0.25, 0.3) is 11.8 Å². The van der Waals surface area contributed by atoms with Crippen molar-refractivity contribution in [2.45, 2.75) is 46.6 Å². The number of para-hydroxylation sites is 1. The number of carbonyl (C=O) groups is 2. The third-order valence-electron chi connectivity index (χ3n) is 5.12. The zero-order valence-electron chi connectivity index (χ0n) is 18.6. The second-order valence-electron chi connectivity index (χ2n) is 7.91. The smallest absolute Gasteiger partial charge is 0.270 e. The standard InChI is InChI=1S/C25H29N3O3/c1-16(2)22-8-6-7-9-23(22)26-24(29)19(5)31-21-14-12-20(13-15-21)25(30)27-28-17(3)10-11-18(28)4/h6-16,19H,1-5H3,(H,26,29)(H,27,30). The first kappa shape index (κ1) is 22.2. The second kappa shape index (κ2) is 9.51. The summed E-state index contributed by atoms with van der Waals surface area (Å²) in [5.74, 6) is 0.369. The van der Waals surface area contributed by atoms with Gasteiger partial charge in [-0.25, -0.2) is 0 Å². The summed E-state index contributed by atoms with van der Waals surface area (Å²) in [6.07, 6.45) is -0.690. The number of benzene rings is 2. The summed E-state index contributed by atoms with van der Waals surface area (Å²) < 4.78 is 7.52. The SMILES string of the molecule is Cc1ccc(C)n1NC(=O)c1ccc(OC(C)C(=O)Nc2ccccc2C(C)C)cc1. The Labute approximate surface area is 183 Å². The van der Waals surface area contributed by atoms with Crippen molar-refractivity contribution in [1.82, 2.24) is 4.68 Å². The quantitative estimate of drug-likeness (QED) is 0.565. The Morgan fingerprint density at radius 1 is 0.871 bits per heavy atom. The van der Waals surface area contributed by atoms with Gasteiger partial charge in [-0.1, -0.05) is 32.0 Å². The van der Waals surface area contributed by atoms with Crippen LogP contribution in [0.3, 0.4) is 0 Å². The van der Waals surface area contributed by atoms with E-state index in [-0.39, 0.29) is 11.8 Å². The number of aryl methyl sites for hydroxylation is 2. The third kappa shape index (κ3) is 5.34. The van der Waals surface area contributed by atoms with Crippen LogP contribution < -0.4 is 15.5 Å². The highest BCUT2D eigenvalue weighted by atomic mass is 16.5. The summed E-state index contributed by atoms with van der Waals surface area (Å²) in [6, 6.07) is 18.4. The molecule has 2 amide bonds. The van der Waals surface area contributed by atoms with Crippen molar-refractivity contribution in [3.05, 3.63) is 83.2 Å². The first-order valence-corrected chi connectivity index (χ1v) is 10.4. The molecule has 2 N–H and O–H groups in total. The lowest BCUT2D eigenvalue weighted by Crippen LogP contribution is -2.30. The molecular weight excluding hydrogens is 390 g/mol. The summed E-state index contributed by atoms with van der Waals surface area (Å²) in [4.78, 5) is 25.1. The highest BCUT2D eigenvalue weighted by Crippen LogP contribution is 2.24. The van der Waals surface area contributed by atoms with Gasteiger partial charge in [-0.3, -0.25) is 19.7 Å². The molecule has 0 spiro atoms. The Hall–Kier alpha value is -3.54. The van der Waals surface area contributed by atoms with Crippen molar-refractivity contribution < 1.29 is 14.3 Å². The average Bonchev–Trinajstić information content (AvgIpc) is 3.06. The molecule has 0 aliphatic rings. The normalized spacial score (nSPS) is 11.8. The maximum atomic E-state index is 12.6. The molecule has 0 aliphatic carbocycles. The van der Waals surface area contributed by atoms with Gasteiger partial charge in [0, 0.05) is 22.6 Å². The highest BCUT2D eigenvalue weighted by Gasteiger charge is 2.17. The van der Waals surface area contributed by atoms with E-state index in [0.717, 1.165) is 22.6 Å². The maximum absolute atomic E-state index is 12.6. The molecule has 1 heterocycles. The summed E-state index contributed by atoms with van der Waals surface area (Å²) in [6.45, 7) is 9.72. The largest absolute Gasteiger partial charge is 0.481 e. The van der Waals surface area contributed by atoms with E-state index in [9.17, 15) is 9.59 Å². The molecule has 0 saturated heterocycles. The zero-order valence-corrected chi connectivity index (χ0v) is 18.6. The minimum Gasteiger partial charge on any atom is -0.481 e. The van der Waals surface area contributed by atoms with E-state index < -0.39 is 6.10 Å². The van der Waals surface area contributed by atoms with Crippen molar-refractivity contribution in [3.8, 4) is 5.75 Å². The maximum Gasteiger partial charge on any atom is 0.270 e. The van der Waals surface area contributed by atoms with Crippen molar-refractivity contribution in [3.63, 3.8) is 0 Å². The number of nitrogens with one attached hydrogen (secondary N) is 2. The molecule has 3 rings (SSSR count). The van der Waals surface area contributed by atoms with Gasteiger partial charge in [-0.2, -0.15) is 0 Å². The van der Waals surface area contributed by atoms with Crippen LogP contribution in [0, 0.1) is 13.8 Å². The first-order valence-electron chi connectivity index (χ1n) is 10.4. The second-order valence-corrected chi connectivity index (χ2v) is 7.91. The molecule has 1 unspecified atom stereocenters. The van der Waals surface area contributed by atoms with Gasteiger partial charge in [0.15, 0.2) is 6.10 Å². The zero-order chi connectivity index (χ0) is 22.5. The molecule has 1 aromatic heterocycles. The highest BCUT2D eigenvalue weighted by molar-refractivity contribution is 6.00. The molecule has 0 fully saturated rings. The van der Waals surface area contributed by atoms with Crippen molar-refractivity contribution in [2.24, 2.45) is 0 Å². The monoisotopic (exact) mass is 419 g/mol. The minimum absolute atomic E-state index is 0.218. The van der Waals surface area contributed by atoms with Gasteiger partial charge >= 0.3 is 0 Å². The fourth-order valence-corrected chi connectivity index (χ4v) is 3.30. The van der Waals surface area contributed by atoms with E-state index in [1.54, 1.807) is 35.9 Å². The third-order valence-corrected chi connectivity index (χ3v) is 5.12. The molecule has 6 heteroatoms. The van der Waals surface area contributed by atoms with Gasteiger partial charge in [0.2, 0.25) is 0 Å². The van der Waals surface area contributed by atoms with E-state index in [1.165, 1.54) is 0 Å². The van der Waals surface area contributed by atoms with Crippen LogP contribution in [0.15, 0.2) is 60.7 Å². The summed E-state index contributed by atoms with van der Waals surface area (Å²) in [7, 11) is 0. The molecular formula is C25H29N3O3. The number of ether oxygens (including phenoxy) is 1. The van der Waals surface area contributed by atoms with Gasteiger partial charge in [0.05, 0.1) is 0 Å². The fraction of sp³-hybridized carbons (Fsp3) is 0.280. The van der Waals surface area contributed by atoms with Crippen LogP contribution in [0.2, 0.25) is 0 Å². The Balaban J connectivity index is 1.61. The van der Waals surface area contributed by atoms with Crippen LogP contribution in [0.25, 0.3) is 0 Å². The van der Waals surface area contributed by atoms with Crippen molar-refractivity contribution in [2.75, 3.05) is 10.7 Å². The molecule has 0 saturated carbocycles. The van der Waals surface area contributed by atoms with E-state index in [4.69, 9.17) is 4.74 Å². The fourth-order valence-electron chi connectivity index (χ4n) is 3.30. The summed E-state index contributed by atoms with van der Waals surface area (Å²) in [5.41, 5.74) is 7.14. The Bertz CT molecular complexity index is 1050. The number of aromatic nitrogens is 1. The predicted molar refractivity (Wildman–Crippen MR) is 123 cm³/mol. The van der Waals surface area contributed by atoms with E-state index in [2.05, 4.69) is 24.6 Å². The molecule has 0 aliphatic heterocycles. The van der Waals surface area contributed by atoms with Crippen LogP contribution in [-0.2, 0) is 4.79 Å². The van der Waals surface area contributed by atoms with Crippen LogP contribution in [0.4, 0.5) is 5.69 Å². The molecule has 6 nitrogen and oxygen atoms in total. The van der Waals surface area contributed by atoms with Crippen LogP contribution >= 0.6 is 0 Å². The lowest BCUT2D eigenvalue weighted by Gasteiger charge is -2.18. The summed E-state index contributed by atoms with van der Waals surface area (Å²) in [5, 5.41) is 2.95. The van der Waals surface area contributed by atoms with Crippen LogP contribution in [0.1, 0.15) is 54.0 Å². The number of hydrogen-bond acceptors (Lipinski definition) is 3. The predicted octanol–water partition coefficient (Wildman–Crippen LogP) is 5.02. The van der Waals surface area contributed by atoms with Gasteiger partial charge < -0.3 is 10.1 Å². The molecule has 31 heavy (non-hydrogen) atoms. The molecule has 3 aromatic rings. The Morgan fingerprint density at radius 2 is 1.48 bits per heavy atom. The topological polar surface area (TPSA) is 72.4 Å². The van der Waals surface area contributed by atoms with Gasteiger partial charge in [-0.15, -0.1) is 0 Å². The van der Waals surface area contributed by atoms with E-state index in [1.807, 2.05) is 50.2 Å². The number of nitrogens with zero attached hydrogens (tertiary/aromatic N) is 1. The van der Waals surface area contributed by atoms with Crippen LogP contribution in [0.5, 0.6) is 5.75 Å². The molecule has 1 atom stereocenters. The van der Waals surface area contributed by atoms with Crippen molar-refractivity contribution >= 4 is 17.5 Å². The first-order chi connectivity index (χ1) is 14.8. The molecule has 2 aromatic carbocycles. The Kier molecular flexibility index (Phi) is 6.80. The lowest BCUT2D eigenvalue weighted by atomic mass is 10.0. The molecule has 0 bridgehead atoms. The average molecular weight is 420 g/mol. The van der Waals surface area contributed by atoms with E-state index >= 15 is 0 Å². The Morgan fingerprint density at radius 3 is 2.10 bits per heavy atom. The molecule has 162 valence electrons.